The van der Waals surface area contributed by atoms with Crippen LogP contribution in [0.4, 0.5) is 0 Å². The molecule has 0 atom stereocenters. The maximum atomic E-state index is 10.2. The summed E-state index contributed by atoms with van der Waals surface area (Å²) in [5.41, 5.74) is 0. The van der Waals surface area contributed by atoms with Gasteiger partial charge >= 0.3 is 11.9 Å². The third kappa shape index (κ3) is 38.5. The quantitative estimate of drug-likeness (QED) is 0.189. The van der Waals surface area contributed by atoms with Crippen LogP contribution in [-0.2, 0) is 9.59 Å². The Morgan fingerprint density at radius 3 is 0.862 bits per heavy atom. The zero-order valence-electron chi connectivity index (χ0n) is 19.3. The number of unbranched alkanes of at least 4 members (excludes halogenated alkanes) is 16. The fourth-order valence-electron chi connectivity index (χ4n) is 3.17. The summed E-state index contributed by atoms with van der Waals surface area (Å²) in [6, 6.07) is 0. The molecule has 0 rings (SSSR count). The summed E-state index contributed by atoms with van der Waals surface area (Å²) in [5.74, 6) is -1.32. The van der Waals surface area contributed by atoms with E-state index in [1.807, 2.05) is 0 Å². The number of hydrogen-bond acceptors (Lipinski definition) is 2. The van der Waals surface area contributed by atoms with Gasteiger partial charge in [0.25, 0.3) is 0 Å². The van der Waals surface area contributed by atoms with Crippen molar-refractivity contribution < 1.29 is 19.8 Å². The molecule has 0 unspecified atom stereocenters. The Labute approximate surface area is 187 Å². The van der Waals surface area contributed by atoms with Gasteiger partial charge in [0.1, 0.15) is 0 Å². The molecule has 0 spiro atoms. The summed E-state index contributed by atoms with van der Waals surface area (Å²) in [4.78, 5) is 20.4. The van der Waals surface area contributed by atoms with Gasteiger partial charge in [0.05, 0.1) is 0 Å². The van der Waals surface area contributed by atoms with Crippen molar-refractivity contribution in [2.45, 2.75) is 142 Å². The number of hydrogen-bond donors (Lipinski definition) is 2. The lowest BCUT2D eigenvalue weighted by atomic mass is 10.1. The van der Waals surface area contributed by atoms with E-state index in [1.54, 1.807) is 0 Å². The summed E-state index contributed by atoms with van der Waals surface area (Å²) in [6.45, 7) is 4.46. The molecule has 0 heterocycles. The summed E-state index contributed by atoms with van der Waals surface area (Å²) < 4.78 is 0. The van der Waals surface area contributed by atoms with E-state index in [0.29, 0.717) is 12.8 Å². The van der Waals surface area contributed by atoms with Crippen LogP contribution in [-0.4, -0.2) is 22.2 Å². The van der Waals surface area contributed by atoms with Crippen LogP contribution in [0.3, 0.4) is 0 Å². The Balaban J connectivity index is -0.000000451. The van der Waals surface area contributed by atoms with Gasteiger partial charge in [-0.25, -0.2) is 0 Å². The predicted octanol–water partition coefficient (Wildman–Crippen LogP) is 8.63. The Morgan fingerprint density at radius 2 is 0.655 bits per heavy atom. The lowest BCUT2D eigenvalue weighted by Gasteiger charge is -2.00. The monoisotopic (exact) mass is 432 g/mol. The molecule has 0 aliphatic heterocycles. The Hall–Kier alpha value is -0.710. The third-order valence-electron chi connectivity index (χ3n) is 4.99. The first-order chi connectivity index (χ1) is 13.5. The highest BCUT2D eigenvalue weighted by Crippen LogP contribution is 2.11. The number of rotatable bonds is 20. The van der Waals surface area contributed by atoms with Crippen molar-refractivity contribution in [3.8, 4) is 0 Å². The second-order valence-corrected chi connectivity index (χ2v) is 7.94. The van der Waals surface area contributed by atoms with E-state index in [-0.39, 0.29) is 13.5 Å². The van der Waals surface area contributed by atoms with Gasteiger partial charge < -0.3 is 10.2 Å². The molecule has 4 nitrogen and oxygen atoms in total. The molecule has 0 aromatic rings. The van der Waals surface area contributed by atoms with Gasteiger partial charge in [-0.05, 0) is 12.8 Å². The van der Waals surface area contributed by atoms with Crippen LogP contribution >= 0.6 is 13.5 Å². The number of carboxylic acids is 2. The molecule has 5 heteroatoms. The molecule has 29 heavy (non-hydrogen) atoms. The minimum absolute atomic E-state index is 0. The van der Waals surface area contributed by atoms with Gasteiger partial charge in [0.15, 0.2) is 0 Å². The topological polar surface area (TPSA) is 74.6 Å². The van der Waals surface area contributed by atoms with Crippen LogP contribution in [0.25, 0.3) is 0 Å². The molecule has 0 bridgehead atoms. The number of aliphatic carboxylic acids is 2. The second kappa shape index (κ2) is 29.5. The van der Waals surface area contributed by atoms with Gasteiger partial charge in [0, 0.05) is 26.3 Å². The van der Waals surface area contributed by atoms with Crippen molar-refractivity contribution in [3.05, 3.63) is 0 Å². The molecular weight excluding hydrogens is 384 g/mol. The van der Waals surface area contributed by atoms with E-state index >= 15 is 0 Å². The van der Waals surface area contributed by atoms with Gasteiger partial charge in [-0.15, -0.1) is 0 Å². The smallest absolute Gasteiger partial charge is 0.303 e. The van der Waals surface area contributed by atoms with E-state index in [1.165, 1.54) is 89.9 Å². The van der Waals surface area contributed by atoms with Gasteiger partial charge in [0.2, 0.25) is 0 Å². The lowest BCUT2D eigenvalue weighted by Crippen LogP contribution is -1.93. The van der Waals surface area contributed by atoms with Crippen LogP contribution in [0.15, 0.2) is 0 Å². The Bertz CT molecular complexity index is 303. The van der Waals surface area contributed by atoms with Crippen molar-refractivity contribution in [2.75, 3.05) is 0 Å². The van der Waals surface area contributed by atoms with Crippen LogP contribution in [0, 0.1) is 0 Å². The van der Waals surface area contributed by atoms with E-state index in [0.717, 1.165) is 25.7 Å². The molecule has 0 saturated carbocycles. The molecule has 0 aliphatic carbocycles. The molecule has 0 aromatic heterocycles. The SMILES string of the molecule is CCCCCCCCCCCC(=O)O.CCCCCCCCCCCC(=O)O.[S]. The van der Waals surface area contributed by atoms with Crippen molar-refractivity contribution in [1.29, 1.82) is 0 Å². The molecule has 174 valence electrons. The first kappa shape index (κ1) is 32.9. The summed E-state index contributed by atoms with van der Waals surface area (Å²) in [7, 11) is 0. The largest absolute Gasteiger partial charge is 0.481 e. The average Bonchev–Trinajstić information content (AvgIpc) is 2.65. The molecular formula is C24H48O4S. The fourth-order valence-corrected chi connectivity index (χ4v) is 3.17. The van der Waals surface area contributed by atoms with E-state index < -0.39 is 11.9 Å². The molecule has 0 fully saturated rings. The highest BCUT2D eigenvalue weighted by atomic mass is 32.1. The van der Waals surface area contributed by atoms with Crippen LogP contribution in [0.5, 0.6) is 0 Å². The summed E-state index contributed by atoms with van der Waals surface area (Å²) in [5, 5.41) is 16.8. The standard InChI is InChI=1S/2C12H24O2.S/c2*1-2-3-4-5-6-7-8-9-10-11-12(13)14;/h2*2-11H2,1H3,(H,13,14);. The van der Waals surface area contributed by atoms with Crippen LogP contribution in [0.1, 0.15) is 142 Å². The van der Waals surface area contributed by atoms with Gasteiger partial charge in [-0.1, -0.05) is 117 Å². The first-order valence-electron chi connectivity index (χ1n) is 12.0. The van der Waals surface area contributed by atoms with Crippen molar-refractivity contribution >= 4 is 25.4 Å². The highest BCUT2D eigenvalue weighted by Gasteiger charge is 1.97. The first-order valence-corrected chi connectivity index (χ1v) is 12.0. The molecule has 0 saturated heterocycles. The van der Waals surface area contributed by atoms with E-state index in [4.69, 9.17) is 10.2 Å². The molecule has 0 aliphatic rings. The molecule has 2 N–H and O–H groups in total. The van der Waals surface area contributed by atoms with Gasteiger partial charge in [-0.3, -0.25) is 9.59 Å². The zero-order valence-corrected chi connectivity index (χ0v) is 20.1. The normalized spacial score (nSPS) is 10.0. The maximum absolute atomic E-state index is 10.2. The minimum atomic E-state index is -0.659. The molecule has 0 amide bonds. The zero-order chi connectivity index (χ0) is 21.3. The fraction of sp³-hybridized carbons (Fsp3) is 0.917. The minimum Gasteiger partial charge on any atom is -0.481 e. The molecule has 2 radical (unpaired) electrons. The number of carboxylic acid groups (broad SMARTS) is 2. The highest BCUT2D eigenvalue weighted by molar-refractivity contribution is 7.59. The Kier molecular flexibility index (Phi) is 33.5. The number of carbonyl (C=O) groups is 2. The molecule has 0 aromatic carbocycles. The lowest BCUT2D eigenvalue weighted by molar-refractivity contribution is -0.138. The maximum Gasteiger partial charge on any atom is 0.303 e. The summed E-state index contributed by atoms with van der Waals surface area (Å²) in [6.07, 6.45) is 23.0. The van der Waals surface area contributed by atoms with Crippen molar-refractivity contribution in [1.82, 2.24) is 0 Å². The van der Waals surface area contributed by atoms with Crippen LogP contribution in [0.2, 0.25) is 0 Å². The van der Waals surface area contributed by atoms with Crippen molar-refractivity contribution in [3.63, 3.8) is 0 Å². The van der Waals surface area contributed by atoms with E-state index in [2.05, 4.69) is 13.8 Å². The van der Waals surface area contributed by atoms with Crippen LogP contribution < -0.4 is 0 Å². The van der Waals surface area contributed by atoms with Crippen molar-refractivity contribution in [2.24, 2.45) is 0 Å². The summed E-state index contributed by atoms with van der Waals surface area (Å²) >= 11 is 0. The second-order valence-electron chi connectivity index (χ2n) is 7.94. The Morgan fingerprint density at radius 1 is 0.448 bits per heavy atom. The van der Waals surface area contributed by atoms with E-state index in [9.17, 15) is 9.59 Å². The third-order valence-corrected chi connectivity index (χ3v) is 4.99. The average molecular weight is 433 g/mol. The van der Waals surface area contributed by atoms with Gasteiger partial charge in [-0.2, -0.15) is 0 Å². The predicted molar refractivity (Wildman–Crippen MR) is 127 cm³/mol.